The van der Waals surface area contributed by atoms with Gasteiger partial charge in [-0.2, -0.15) is 0 Å². The molecule has 10 heteroatoms. The van der Waals surface area contributed by atoms with Gasteiger partial charge in [-0.15, -0.1) is 0 Å². The molecular weight excluding hydrogens is 460 g/mol. The highest BCUT2D eigenvalue weighted by molar-refractivity contribution is 7.71. The van der Waals surface area contributed by atoms with Gasteiger partial charge >= 0.3 is 22.8 Å². The molecule has 0 aromatic carbocycles. The molecule has 2 saturated heterocycles. The Balaban J connectivity index is 2.08. The maximum Gasteiger partial charge on any atom is 0.335 e. The number of aromatic amines is 1. The van der Waals surface area contributed by atoms with Crippen LogP contribution in [0.15, 0.2) is 17.1 Å². The van der Waals surface area contributed by atoms with Crippen molar-refractivity contribution in [3.8, 4) is 0 Å². The molecule has 0 bridgehead atoms. The van der Waals surface area contributed by atoms with Gasteiger partial charge in [0.05, 0.1) is 12.7 Å². The number of fused-ring (bicyclic) bond motifs is 1. The lowest BCUT2D eigenvalue weighted by atomic mass is 10.0. The minimum Gasteiger partial charge on any atom is -0.414 e. The Bertz CT molecular complexity index is 900. The molecule has 4 atom stereocenters. The van der Waals surface area contributed by atoms with Crippen LogP contribution in [0.5, 0.6) is 0 Å². The van der Waals surface area contributed by atoms with Gasteiger partial charge in [0.2, 0.25) is 0 Å². The van der Waals surface area contributed by atoms with E-state index in [4.69, 9.17) is 29.9 Å². The highest BCUT2D eigenvalue weighted by atomic mass is 32.1. The zero-order valence-electron chi connectivity index (χ0n) is 20.9. The molecule has 1 aromatic rings. The van der Waals surface area contributed by atoms with Crippen LogP contribution < -0.4 is 5.69 Å². The Hall–Kier alpha value is -0.626. The number of hydrogen-bond donors (Lipinski definition) is 1. The molecule has 0 aliphatic carbocycles. The molecule has 182 valence electrons. The summed E-state index contributed by atoms with van der Waals surface area (Å²) in [6, 6.07) is 1.71. The molecule has 2 aliphatic rings. The van der Waals surface area contributed by atoms with E-state index in [1.54, 1.807) is 16.8 Å². The highest BCUT2D eigenvalue weighted by Crippen LogP contribution is 2.49. The SMILES string of the molecule is CC(C)[Si]1(C(C)C)OC[C@H]2O[C@@H](n3ccc(=S)[nH]c3=O)[C@@H](C)C2O[Si](C(C)C)(C(C)C)O1. The van der Waals surface area contributed by atoms with Gasteiger partial charge in [-0.1, -0.05) is 74.5 Å². The molecule has 3 rings (SSSR count). The van der Waals surface area contributed by atoms with E-state index in [9.17, 15) is 4.79 Å². The molecule has 1 aromatic heterocycles. The van der Waals surface area contributed by atoms with E-state index in [0.29, 0.717) is 11.2 Å². The predicted octanol–water partition coefficient (Wildman–Crippen LogP) is 5.40. The minimum atomic E-state index is -2.72. The maximum absolute atomic E-state index is 12.6. The molecule has 2 fully saturated rings. The van der Waals surface area contributed by atoms with E-state index in [1.807, 2.05) is 0 Å². The Labute approximate surface area is 199 Å². The van der Waals surface area contributed by atoms with E-state index >= 15 is 0 Å². The first kappa shape index (κ1) is 26.0. The molecular formula is C22H40N2O5SSi2. The predicted molar refractivity (Wildman–Crippen MR) is 133 cm³/mol. The van der Waals surface area contributed by atoms with Crippen LogP contribution in [-0.2, 0) is 17.7 Å². The highest BCUT2D eigenvalue weighted by Gasteiger charge is 2.61. The summed E-state index contributed by atoms with van der Waals surface area (Å²) in [7, 11) is -5.33. The fraction of sp³-hybridized carbons (Fsp3) is 0.818. The number of H-pyrrole nitrogens is 1. The first-order valence-corrected chi connectivity index (χ1v) is 16.2. The number of ether oxygens (including phenoxy) is 1. The van der Waals surface area contributed by atoms with Crippen LogP contribution in [0.1, 0.15) is 68.5 Å². The first-order valence-electron chi connectivity index (χ1n) is 11.8. The molecule has 0 spiro atoms. The van der Waals surface area contributed by atoms with Crippen LogP contribution in [0, 0.1) is 10.6 Å². The van der Waals surface area contributed by atoms with E-state index < -0.39 is 23.3 Å². The molecule has 0 radical (unpaired) electrons. The monoisotopic (exact) mass is 500 g/mol. The van der Waals surface area contributed by atoms with Crippen LogP contribution >= 0.6 is 12.2 Å². The van der Waals surface area contributed by atoms with Gasteiger partial charge in [0.25, 0.3) is 0 Å². The van der Waals surface area contributed by atoms with Crippen LogP contribution in [-0.4, -0.2) is 45.5 Å². The quantitative estimate of drug-likeness (QED) is 0.431. The third-order valence-corrected chi connectivity index (χ3v) is 17.6. The van der Waals surface area contributed by atoms with E-state index in [0.717, 1.165) is 0 Å². The molecule has 32 heavy (non-hydrogen) atoms. The van der Waals surface area contributed by atoms with Crippen LogP contribution in [0.25, 0.3) is 0 Å². The van der Waals surface area contributed by atoms with Gasteiger partial charge in [-0.05, 0) is 28.2 Å². The third kappa shape index (κ3) is 4.39. The summed E-state index contributed by atoms with van der Waals surface area (Å²) in [5.74, 6) is -0.0501. The Morgan fingerprint density at radius 1 is 1.03 bits per heavy atom. The van der Waals surface area contributed by atoms with Gasteiger partial charge in [0.1, 0.15) is 17.0 Å². The van der Waals surface area contributed by atoms with Crippen molar-refractivity contribution in [2.75, 3.05) is 6.61 Å². The number of rotatable bonds is 5. The van der Waals surface area contributed by atoms with E-state index in [-0.39, 0.29) is 46.0 Å². The lowest BCUT2D eigenvalue weighted by molar-refractivity contribution is -0.0572. The fourth-order valence-corrected chi connectivity index (χ4v) is 16.7. The molecule has 7 nitrogen and oxygen atoms in total. The summed E-state index contributed by atoms with van der Waals surface area (Å²) in [5.41, 5.74) is 0.772. The van der Waals surface area contributed by atoms with Crippen LogP contribution in [0.3, 0.4) is 0 Å². The van der Waals surface area contributed by atoms with Crippen LogP contribution in [0.2, 0.25) is 22.2 Å². The normalized spacial score (nSPS) is 30.0. The van der Waals surface area contributed by atoms with Crippen molar-refractivity contribution in [2.24, 2.45) is 5.92 Å². The zero-order valence-corrected chi connectivity index (χ0v) is 23.7. The lowest BCUT2D eigenvalue weighted by Gasteiger charge is -2.51. The second-order valence-corrected chi connectivity index (χ2v) is 19.8. The molecule has 2 aliphatic heterocycles. The third-order valence-electron chi connectivity index (χ3n) is 7.11. The van der Waals surface area contributed by atoms with E-state index in [2.05, 4.69) is 67.3 Å². The first-order chi connectivity index (χ1) is 14.9. The van der Waals surface area contributed by atoms with Crippen molar-refractivity contribution in [3.63, 3.8) is 0 Å². The second-order valence-electron chi connectivity index (χ2n) is 10.5. The van der Waals surface area contributed by atoms with E-state index in [1.165, 1.54) is 0 Å². The molecule has 0 amide bonds. The van der Waals surface area contributed by atoms with Crippen molar-refractivity contribution >= 4 is 29.3 Å². The Morgan fingerprint density at radius 2 is 1.59 bits per heavy atom. The summed E-state index contributed by atoms with van der Waals surface area (Å²) >= 11 is 5.10. The van der Waals surface area contributed by atoms with Crippen molar-refractivity contribution in [1.82, 2.24) is 9.55 Å². The molecule has 0 saturated carbocycles. The second kappa shape index (κ2) is 9.55. The van der Waals surface area contributed by atoms with Crippen molar-refractivity contribution < 1.29 is 17.7 Å². The number of nitrogens with one attached hydrogen (secondary N) is 1. The smallest absolute Gasteiger partial charge is 0.335 e. The number of aromatic nitrogens is 2. The Kier molecular flexibility index (Phi) is 7.76. The molecule has 1 N–H and O–H groups in total. The van der Waals surface area contributed by atoms with Crippen molar-refractivity contribution in [3.05, 3.63) is 27.4 Å². The molecule has 1 unspecified atom stereocenters. The van der Waals surface area contributed by atoms with Crippen molar-refractivity contribution in [2.45, 2.75) is 103 Å². The summed E-state index contributed by atoms with van der Waals surface area (Å²) in [6.07, 6.45) is 0.780. The summed E-state index contributed by atoms with van der Waals surface area (Å²) < 4.78 is 29.6. The van der Waals surface area contributed by atoms with Gasteiger partial charge in [-0.25, -0.2) is 4.79 Å². The largest absolute Gasteiger partial charge is 0.414 e. The van der Waals surface area contributed by atoms with Crippen molar-refractivity contribution in [1.29, 1.82) is 0 Å². The summed E-state index contributed by atoms with van der Waals surface area (Å²) in [5, 5.41) is 0. The van der Waals surface area contributed by atoms with Gasteiger partial charge in [-0.3, -0.25) is 9.55 Å². The zero-order chi connectivity index (χ0) is 24.0. The number of nitrogens with zero attached hydrogens (tertiary/aromatic N) is 1. The number of hydrogen-bond acceptors (Lipinski definition) is 6. The minimum absolute atomic E-state index is 0.0501. The average molecular weight is 501 g/mol. The lowest BCUT2D eigenvalue weighted by Crippen LogP contribution is -2.65. The molecule has 3 heterocycles. The maximum atomic E-state index is 12.6. The topological polar surface area (TPSA) is 74.7 Å². The summed E-state index contributed by atoms with van der Waals surface area (Å²) in [6.45, 7) is 20.2. The standard InChI is InChI=1S/C22H40N2O5SSi2/c1-13(2)31(14(3)4)26-12-18-20(28-32(29-31,15(5)6)16(7)8)17(9)21(27-18)24-11-10-19(30)23-22(24)25/h10-11,13-18,20-21H,12H2,1-9H3,(H,23,25,30)/t17-,18+,20?,21+/m0/s1. The van der Waals surface area contributed by atoms with Crippen LogP contribution in [0.4, 0.5) is 0 Å². The van der Waals surface area contributed by atoms with Gasteiger partial charge in [0, 0.05) is 12.1 Å². The van der Waals surface area contributed by atoms with Gasteiger partial charge < -0.3 is 17.7 Å². The Morgan fingerprint density at radius 3 is 2.09 bits per heavy atom. The fourth-order valence-electron chi connectivity index (χ4n) is 5.28. The van der Waals surface area contributed by atoms with Gasteiger partial charge in [0.15, 0.2) is 0 Å². The summed E-state index contributed by atoms with van der Waals surface area (Å²) in [4.78, 5) is 15.3. The average Bonchev–Trinajstić information content (AvgIpc) is 2.96.